The lowest BCUT2D eigenvalue weighted by molar-refractivity contribution is -0.159. The number of carbonyl (C=O) groups is 3. The number of fused-ring (bicyclic) bond motifs is 4. The number of hydrogen-bond acceptors (Lipinski definition) is 7. The van der Waals surface area contributed by atoms with Crippen molar-refractivity contribution in [2.24, 2.45) is 39.4 Å². The molecule has 212 valence electrons. The number of rotatable bonds is 5. The minimum Gasteiger partial charge on any atom is -0.478 e. The maximum Gasteiger partial charge on any atom is 0.331 e. The van der Waals surface area contributed by atoms with E-state index in [1.807, 2.05) is 27.7 Å². The van der Waals surface area contributed by atoms with Crippen LogP contribution in [0.5, 0.6) is 0 Å². The fraction of sp³-hybridized carbons (Fsp3) is 0.767. The summed E-state index contributed by atoms with van der Waals surface area (Å²) in [5, 5.41) is 53.9. The summed E-state index contributed by atoms with van der Waals surface area (Å²) < 4.78 is 0. The third kappa shape index (κ3) is 3.66. The quantitative estimate of drug-likeness (QED) is 0.339. The molecule has 0 spiro atoms. The van der Waals surface area contributed by atoms with Gasteiger partial charge in [0.1, 0.15) is 11.9 Å². The van der Waals surface area contributed by atoms with Crippen molar-refractivity contribution in [2.75, 3.05) is 0 Å². The van der Waals surface area contributed by atoms with Crippen molar-refractivity contribution in [2.45, 2.75) is 105 Å². The maximum atomic E-state index is 14.1. The number of carboxylic acids is 1. The summed E-state index contributed by atoms with van der Waals surface area (Å²) in [4.78, 5) is 39.3. The second-order valence-corrected chi connectivity index (χ2v) is 13.7. The predicted octanol–water partition coefficient (Wildman–Crippen LogP) is 2.81. The minimum absolute atomic E-state index is 0.0135. The average molecular weight is 533 g/mol. The zero-order valence-electron chi connectivity index (χ0n) is 23.6. The molecule has 0 radical (unpaired) electrons. The summed E-state index contributed by atoms with van der Waals surface area (Å²) in [6.07, 6.45) is -1.33. The zero-order chi connectivity index (χ0) is 28.7. The molecule has 4 rings (SSSR count). The van der Waals surface area contributed by atoms with Crippen molar-refractivity contribution in [1.29, 1.82) is 0 Å². The van der Waals surface area contributed by atoms with Gasteiger partial charge < -0.3 is 25.5 Å². The van der Waals surface area contributed by atoms with Gasteiger partial charge in [0, 0.05) is 23.0 Å². The fourth-order valence-electron chi connectivity index (χ4n) is 9.09. The molecule has 4 aliphatic rings. The Morgan fingerprint density at radius 3 is 2.29 bits per heavy atom. The van der Waals surface area contributed by atoms with Gasteiger partial charge in [-0.05, 0) is 79.8 Å². The Hall–Kier alpha value is -1.87. The molecule has 8 heteroatoms. The monoisotopic (exact) mass is 532 g/mol. The van der Waals surface area contributed by atoms with Gasteiger partial charge in [0.15, 0.2) is 5.78 Å². The SMILES string of the molecule is C/C(=C\[C@@H](O)C[C@@H](C)[C@H]1CC(=O)[C@@]2(C)C3=C(C(=O)[C@@H](O)[C@]12C)[C@@]1(C)CC[C@H](O)C(C)(C)[C@@H]1C[C@@H]3O)C(=O)O. The molecule has 5 N–H and O–H groups in total. The van der Waals surface area contributed by atoms with E-state index in [1.165, 1.54) is 13.0 Å². The highest BCUT2D eigenvalue weighted by molar-refractivity contribution is 6.07. The number of aliphatic carboxylic acids is 1. The standard InChI is InChI=1S/C30H44O8/c1-14(10-16(31)11-15(2)26(37)38)17-12-21(34)30(7)22-18(32)13-19-27(3,4)20(33)8-9-28(19,5)23(22)24(35)25(36)29(17,30)6/h11,14,16-20,25,31-33,36H,8-10,12-13H2,1-7H3,(H,37,38)/b15-11+/t14-,16+,17-,18+,19+,20+,25-,28+,29+,30+/m1/s1. The summed E-state index contributed by atoms with van der Waals surface area (Å²) in [6.45, 7) is 12.7. The largest absolute Gasteiger partial charge is 0.478 e. The highest BCUT2D eigenvalue weighted by atomic mass is 16.4. The van der Waals surface area contributed by atoms with Gasteiger partial charge in [-0.15, -0.1) is 0 Å². The molecule has 8 nitrogen and oxygen atoms in total. The first-order chi connectivity index (χ1) is 17.4. The molecule has 0 unspecified atom stereocenters. The lowest BCUT2D eigenvalue weighted by atomic mass is 9.42. The molecule has 0 aliphatic heterocycles. The summed E-state index contributed by atoms with van der Waals surface area (Å²) in [7, 11) is 0. The van der Waals surface area contributed by atoms with Gasteiger partial charge >= 0.3 is 5.97 Å². The van der Waals surface area contributed by atoms with Crippen LogP contribution in [0.25, 0.3) is 0 Å². The van der Waals surface area contributed by atoms with Crippen LogP contribution in [0.3, 0.4) is 0 Å². The number of carboxylic acid groups (broad SMARTS) is 1. The summed E-state index contributed by atoms with van der Waals surface area (Å²) in [5.74, 6) is -2.72. The van der Waals surface area contributed by atoms with Crippen LogP contribution < -0.4 is 0 Å². The van der Waals surface area contributed by atoms with Gasteiger partial charge in [-0.25, -0.2) is 4.79 Å². The molecule has 2 fully saturated rings. The first kappa shape index (κ1) is 29.1. The average Bonchev–Trinajstić information content (AvgIpc) is 3.03. The molecule has 0 aromatic rings. The second kappa shape index (κ2) is 9.08. The van der Waals surface area contributed by atoms with Crippen LogP contribution in [0, 0.1) is 39.4 Å². The highest BCUT2D eigenvalue weighted by Crippen LogP contribution is 2.70. The van der Waals surface area contributed by atoms with Crippen molar-refractivity contribution in [1.82, 2.24) is 0 Å². The van der Waals surface area contributed by atoms with E-state index in [2.05, 4.69) is 0 Å². The lowest BCUT2D eigenvalue weighted by Gasteiger charge is -2.62. The Balaban J connectivity index is 1.82. The summed E-state index contributed by atoms with van der Waals surface area (Å²) in [6, 6.07) is 0. The third-order valence-corrected chi connectivity index (χ3v) is 11.6. The number of aliphatic hydroxyl groups excluding tert-OH is 4. The van der Waals surface area contributed by atoms with Crippen LogP contribution in [-0.2, 0) is 14.4 Å². The van der Waals surface area contributed by atoms with Gasteiger partial charge in [-0.2, -0.15) is 0 Å². The number of carbonyl (C=O) groups excluding carboxylic acids is 2. The topological polar surface area (TPSA) is 152 Å². The Morgan fingerprint density at radius 2 is 1.71 bits per heavy atom. The molecule has 4 aliphatic carbocycles. The molecule has 38 heavy (non-hydrogen) atoms. The van der Waals surface area contributed by atoms with Gasteiger partial charge in [-0.3, -0.25) is 9.59 Å². The Bertz CT molecular complexity index is 1120. The Kier molecular flexibility index (Phi) is 6.96. The summed E-state index contributed by atoms with van der Waals surface area (Å²) in [5.41, 5.74) is -2.93. The van der Waals surface area contributed by atoms with Crippen molar-refractivity contribution in [3.63, 3.8) is 0 Å². The Labute approximate surface area is 224 Å². The van der Waals surface area contributed by atoms with Crippen molar-refractivity contribution >= 4 is 17.5 Å². The van der Waals surface area contributed by atoms with Crippen LogP contribution in [0.1, 0.15) is 80.6 Å². The number of ketones is 2. The normalized spacial score (nSPS) is 44.3. The summed E-state index contributed by atoms with van der Waals surface area (Å²) >= 11 is 0. The molecular formula is C30H44O8. The molecular weight excluding hydrogens is 488 g/mol. The lowest BCUT2D eigenvalue weighted by Crippen LogP contribution is -2.64. The second-order valence-electron chi connectivity index (χ2n) is 13.7. The molecule has 0 aromatic heterocycles. The maximum absolute atomic E-state index is 14.1. The van der Waals surface area contributed by atoms with Crippen molar-refractivity contribution in [3.8, 4) is 0 Å². The molecule has 2 saturated carbocycles. The van der Waals surface area contributed by atoms with Crippen LogP contribution in [0.15, 0.2) is 22.8 Å². The molecule has 10 atom stereocenters. The van der Waals surface area contributed by atoms with Crippen molar-refractivity contribution in [3.05, 3.63) is 22.8 Å². The third-order valence-electron chi connectivity index (χ3n) is 11.6. The van der Waals surface area contributed by atoms with E-state index in [4.69, 9.17) is 5.11 Å². The number of Topliss-reactive ketones (excluding diaryl/α,β-unsaturated/α-hetero) is 2. The van der Waals surface area contributed by atoms with E-state index in [9.17, 15) is 34.8 Å². The van der Waals surface area contributed by atoms with Gasteiger partial charge in [0.2, 0.25) is 0 Å². The van der Waals surface area contributed by atoms with Crippen LogP contribution in [-0.4, -0.2) is 67.5 Å². The van der Waals surface area contributed by atoms with E-state index in [-0.39, 0.29) is 36.0 Å². The first-order valence-electron chi connectivity index (χ1n) is 13.8. The highest BCUT2D eigenvalue weighted by Gasteiger charge is 2.73. The molecule has 0 heterocycles. The van der Waals surface area contributed by atoms with E-state index in [0.29, 0.717) is 30.4 Å². The smallest absolute Gasteiger partial charge is 0.331 e. The molecule has 0 amide bonds. The molecule has 0 aromatic carbocycles. The minimum atomic E-state index is -1.48. The van der Waals surface area contributed by atoms with E-state index in [0.717, 1.165) is 0 Å². The van der Waals surface area contributed by atoms with Gasteiger partial charge in [0.25, 0.3) is 0 Å². The van der Waals surface area contributed by atoms with E-state index >= 15 is 0 Å². The first-order valence-corrected chi connectivity index (χ1v) is 13.8. The zero-order valence-corrected chi connectivity index (χ0v) is 23.6. The molecule has 0 saturated heterocycles. The van der Waals surface area contributed by atoms with Crippen LogP contribution >= 0.6 is 0 Å². The number of hydrogen-bond donors (Lipinski definition) is 5. The molecule has 0 bridgehead atoms. The Morgan fingerprint density at radius 1 is 1.11 bits per heavy atom. The fourth-order valence-corrected chi connectivity index (χ4v) is 9.09. The van der Waals surface area contributed by atoms with E-state index < -0.39 is 63.7 Å². The predicted molar refractivity (Wildman–Crippen MR) is 140 cm³/mol. The number of aliphatic hydroxyl groups is 4. The van der Waals surface area contributed by atoms with E-state index in [1.54, 1.807) is 13.8 Å². The van der Waals surface area contributed by atoms with Gasteiger partial charge in [0.05, 0.1) is 23.7 Å². The van der Waals surface area contributed by atoms with Crippen LogP contribution in [0.2, 0.25) is 0 Å². The van der Waals surface area contributed by atoms with Gasteiger partial charge in [-0.1, -0.05) is 34.6 Å². The van der Waals surface area contributed by atoms with Crippen molar-refractivity contribution < 1.29 is 39.9 Å². The van der Waals surface area contributed by atoms with Crippen LogP contribution in [0.4, 0.5) is 0 Å².